The van der Waals surface area contributed by atoms with Gasteiger partial charge in [0.15, 0.2) is 5.78 Å². The van der Waals surface area contributed by atoms with Gasteiger partial charge in [-0.15, -0.1) is 11.3 Å². The molecule has 0 aliphatic rings. The molecule has 6 nitrogen and oxygen atoms in total. The molecule has 0 fully saturated rings. The summed E-state index contributed by atoms with van der Waals surface area (Å²) in [6, 6.07) is 10.6. The number of hydrogen-bond acceptors (Lipinski definition) is 6. The van der Waals surface area contributed by atoms with Crippen molar-refractivity contribution in [2.24, 2.45) is 5.73 Å². The number of methoxy groups -OCH3 is 1. The molecule has 1 atom stereocenters. The van der Waals surface area contributed by atoms with Gasteiger partial charge in [0.25, 0.3) is 0 Å². The van der Waals surface area contributed by atoms with E-state index in [1.807, 2.05) is 32.0 Å². The third-order valence-electron chi connectivity index (χ3n) is 4.23. The number of ether oxygens (including phenoxy) is 2. The molecule has 146 valence electrons. The van der Waals surface area contributed by atoms with Crippen LogP contribution in [-0.2, 0) is 0 Å². The number of Topliss-reactive ketones (excluding diaryl/α,β-unsaturated/α-hetero) is 1. The standard InChI is InChI=1S/C21H21NO5S/c1-11(2)27-19-15-10-14(26-3)8-9-16(15)28-20(19)18(23)17(22)12-4-6-13(7-5-12)21(24)25/h4-11,17H,22H2,1-3H3,(H,24,25). The van der Waals surface area contributed by atoms with Gasteiger partial charge in [0.05, 0.1) is 24.8 Å². The van der Waals surface area contributed by atoms with E-state index in [0.29, 0.717) is 21.9 Å². The molecule has 2 aromatic carbocycles. The molecular weight excluding hydrogens is 378 g/mol. The fourth-order valence-corrected chi connectivity index (χ4v) is 3.92. The molecule has 1 unspecified atom stereocenters. The van der Waals surface area contributed by atoms with E-state index >= 15 is 0 Å². The number of carbonyl (C=O) groups is 2. The molecular formula is C21H21NO5S. The van der Waals surface area contributed by atoms with Gasteiger partial charge in [-0.2, -0.15) is 0 Å². The first kappa shape index (κ1) is 19.9. The van der Waals surface area contributed by atoms with Crippen LogP contribution < -0.4 is 15.2 Å². The Labute approximate surface area is 166 Å². The summed E-state index contributed by atoms with van der Waals surface area (Å²) in [4.78, 5) is 24.6. The van der Waals surface area contributed by atoms with E-state index < -0.39 is 12.0 Å². The van der Waals surface area contributed by atoms with Crippen LogP contribution in [-0.4, -0.2) is 30.1 Å². The number of aromatic carboxylic acids is 1. The third-order valence-corrected chi connectivity index (χ3v) is 5.39. The molecule has 0 aliphatic heterocycles. The lowest BCUT2D eigenvalue weighted by atomic mass is 10.0. The van der Waals surface area contributed by atoms with Crippen molar-refractivity contribution in [3.63, 3.8) is 0 Å². The van der Waals surface area contributed by atoms with Crippen LogP contribution in [0.25, 0.3) is 10.1 Å². The number of hydrogen-bond donors (Lipinski definition) is 2. The van der Waals surface area contributed by atoms with Crippen LogP contribution in [0.15, 0.2) is 42.5 Å². The van der Waals surface area contributed by atoms with Crippen LogP contribution >= 0.6 is 11.3 Å². The van der Waals surface area contributed by atoms with Crippen molar-refractivity contribution in [1.29, 1.82) is 0 Å². The zero-order valence-electron chi connectivity index (χ0n) is 15.8. The average Bonchev–Trinajstić information content (AvgIpc) is 3.03. The Morgan fingerprint density at radius 3 is 2.36 bits per heavy atom. The molecule has 3 rings (SSSR count). The van der Waals surface area contributed by atoms with Crippen LogP contribution in [0.1, 0.15) is 45.5 Å². The Morgan fingerprint density at radius 2 is 1.79 bits per heavy atom. The molecule has 3 aromatic rings. The van der Waals surface area contributed by atoms with E-state index in [1.54, 1.807) is 19.2 Å². The van der Waals surface area contributed by atoms with Crippen LogP contribution in [0.4, 0.5) is 0 Å². The lowest BCUT2D eigenvalue weighted by Crippen LogP contribution is -2.22. The van der Waals surface area contributed by atoms with Gasteiger partial charge in [0, 0.05) is 10.1 Å². The summed E-state index contributed by atoms with van der Waals surface area (Å²) >= 11 is 1.32. The van der Waals surface area contributed by atoms with Gasteiger partial charge >= 0.3 is 5.97 Å². The summed E-state index contributed by atoms with van der Waals surface area (Å²) in [5, 5.41) is 9.82. The topological polar surface area (TPSA) is 98.9 Å². The van der Waals surface area contributed by atoms with Crippen molar-refractivity contribution in [1.82, 2.24) is 0 Å². The third kappa shape index (κ3) is 3.85. The average molecular weight is 399 g/mol. The Morgan fingerprint density at radius 1 is 1.11 bits per heavy atom. The Hall–Kier alpha value is -2.90. The van der Waals surface area contributed by atoms with E-state index in [2.05, 4.69) is 0 Å². The van der Waals surface area contributed by atoms with Gasteiger partial charge in [-0.1, -0.05) is 12.1 Å². The number of thiophene rings is 1. The van der Waals surface area contributed by atoms with Crippen LogP contribution in [0.2, 0.25) is 0 Å². The van der Waals surface area contributed by atoms with E-state index in [9.17, 15) is 9.59 Å². The molecule has 0 amide bonds. The highest BCUT2D eigenvalue weighted by molar-refractivity contribution is 7.21. The predicted molar refractivity (Wildman–Crippen MR) is 109 cm³/mol. The molecule has 0 saturated carbocycles. The zero-order valence-corrected chi connectivity index (χ0v) is 16.6. The summed E-state index contributed by atoms with van der Waals surface area (Å²) in [7, 11) is 1.58. The highest BCUT2D eigenvalue weighted by Gasteiger charge is 2.26. The lowest BCUT2D eigenvalue weighted by molar-refractivity contribution is 0.0696. The zero-order chi connectivity index (χ0) is 20.4. The Bertz CT molecular complexity index is 1020. The van der Waals surface area contributed by atoms with E-state index in [0.717, 1.165) is 10.1 Å². The number of benzene rings is 2. The van der Waals surface area contributed by atoms with Crippen molar-refractivity contribution in [2.45, 2.75) is 26.0 Å². The number of rotatable bonds is 7. The monoisotopic (exact) mass is 399 g/mol. The van der Waals surface area contributed by atoms with Crippen LogP contribution in [0.3, 0.4) is 0 Å². The maximum atomic E-state index is 13.1. The molecule has 0 spiro atoms. The SMILES string of the molecule is COc1ccc2sc(C(=O)C(N)c3ccc(C(=O)O)cc3)c(OC(C)C)c2c1. The summed E-state index contributed by atoms with van der Waals surface area (Å²) in [6.07, 6.45) is -0.123. The quantitative estimate of drug-likeness (QED) is 0.576. The van der Waals surface area contributed by atoms with Gasteiger partial charge in [0.2, 0.25) is 0 Å². The van der Waals surface area contributed by atoms with Gasteiger partial charge in [-0.25, -0.2) is 4.79 Å². The lowest BCUT2D eigenvalue weighted by Gasteiger charge is -2.14. The van der Waals surface area contributed by atoms with Gasteiger partial charge in [-0.3, -0.25) is 4.79 Å². The smallest absolute Gasteiger partial charge is 0.335 e. The highest BCUT2D eigenvalue weighted by atomic mass is 32.1. The molecule has 28 heavy (non-hydrogen) atoms. The van der Waals surface area contributed by atoms with Gasteiger partial charge in [0.1, 0.15) is 16.4 Å². The first-order chi connectivity index (χ1) is 13.3. The Kier molecular flexibility index (Phi) is 5.67. The minimum atomic E-state index is -1.03. The molecule has 0 bridgehead atoms. The highest BCUT2D eigenvalue weighted by Crippen LogP contribution is 2.41. The van der Waals surface area contributed by atoms with Crippen molar-refractivity contribution in [3.05, 3.63) is 58.5 Å². The normalized spacial score (nSPS) is 12.2. The minimum absolute atomic E-state index is 0.123. The molecule has 1 aromatic heterocycles. The van der Waals surface area contributed by atoms with Crippen molar-refractivity contribution < 1.29 is 24.2 Å². The summed E-state index contributed by atoms with van der Waals surface area (Å²) in [5.74, 6) is -0.139. The van der Waals surface area contributed by atoms with Crippen LogP contribution in [0.5, 0.6) is 11.5 Å². The second kappa shape index (κ2) is 8.00. The van der Waals surface area contributed by atoms with E-state index in [1.165, 1.54) is 23.5 Å². The predicted octanol–water partition coefficient (Wildman–Crippen LogP) is 4.28. The van der Waals surface area contributed by atoms with Gasteiger partial charge in [-0.05, 0) is 49.7 Å². The van der Waals surface area contributed by atoms with E-state index in [4.69, 9.17) is 20.3 Å². The van der Waals surface area contributed by atoms with Gasteiger partial charge < -0.3 is 20.3 Å². The van der Waals surface area contributed by atoms with Crippen molar-refractivity contribution in [3.8, 4) is 11.5 Å². The summed E-state index contributed by atoms with van der Waals surface area (Å²) < 4.78 is 12.1. The molecule has 1 heterocycles. The minimum Gasteiger partial charge on any atom is -0.497 e. The first-order valence-electron chi connectivity index (χ1n) is 8.72. The number of ketones is 1. The maximum absolute atomic E-state index is 13.1. The second-order valence-electron chi connectivity index (χ2n) is 6.56. The van der Waals surface area contributed by atoms with Crippen molar-refractivity contribution in [2.75, 3.05) is 7.11 Å². The van der Waals surface area contributed by atoms with Crippen molar-refractivity contribution >= 4 is 33.2 Å². The number of carboxylic acids is 1. The number of carboxylic acid groups (broad SMARTS) is 1. The first-order valence-corrected chi connectivity index (χ1v) is 9.53. The maximum Gasteiger partial charge on any atom is 0.335 e. The fraction of sp³-hybridized carbons (Fsp3) is 0.238. The molecule has 3 N–H and O–H groups in total. The molecule has 0 aliphatic carbocycles. The number of fused-ring (bicyclic) bond motifs is 1. The second-order valence-corrected chi connectivity index (χ2v) is 7.61. The fourth-order valence-electron chi connectivity index (χ4n) is 2.82. The summed E-state index contributed by atoms with van der Waals surface area (Å²) in [5.41, 5.74) is 6.89. The number of nitrogens with two attached hydrogens (primary N) is 1. The largest absolute Gasteiger partial charge is 0.497 e. The summed E-state index contributed by atoms with van der Waals surface area (Å²) in [6.45, 7) is 3.78. The Balaban J connectivity index is 2.03. The molecule has 7 heteroatoms. The van der Waals surface area contributed by atoms with E-state index in [-0.39, 0.29) is 17.5 Å². The number of carbonyl (C=O) groups excluding carboxylic acids is 1. The van der Waals surface area contributed by atoms with Crippen LogP contribution in [0, 0.1) is 0 Å². The molecule has 0 saturated heterocycles. The molecule has 0 radical (unpaired) electrons.